The Balaban J connectivity index is 1.58. The number of piperidine rings is 2. The monoisotopic (exact) mass is 294 g/mol. The second-order valence-corrected chi connectivity index (χ2v) is 6.87. The first kappa shape index (κ1) is 14.8. The van der Waals surface area contributed by atoms with E-state index < -0.39 is 0 Å². The maximum absolute atomic E-state index is 12.5. The van der Waals surface area contributed by atoms with Gasteiger partial charge < -0.3 is 16.4 Å². The van der Waals surface area contributed by atoms with Crippen molar-refractivity contribution in [2.24, 2.45) is 17.4 Å². The lowest BCUT2D eigenvalue weighted by Gasteiger charge is -2.39. The van der Waals surface area contributed by atoms with Gasteiger partial charge >= 0.3 is 0 Å². The summed E-state index contributed by atoms with van der Waals surface area (Å²) in [5.74, 6) is -0.306. The molecule has 6 heteroatoms. The van der Waals surface area contributed by atoms with Crippen molar-refractivity contribution in [1.82, 2.24) is 9.80 Å². The van der Waals surface area contributed by atoms with Crippen LogP contribution < -0.4 is 11.5 Å². The fourth-order valence-electron chi connectivity index (χ4n) is 4.27. The number of fused-ring (bicyclic) bond motifs is 2. The van der Waals surface area contributed by atoms with Crippen LogP contribution in [0.25, 0.3) is 0 Å². The minimum Gasteiger partial charge on any atom is -0.369 e. The van der Waals surface area contributed by atoms with Crippen molar-refractivity contribution in [3.05, 3.63) is 0 Å². The van der Waals surface area contributed by atoms with Crippen LogP contribution in [0, 0.1) is 5.92 Å². The maximum atomic E-state index is 12.5. The summed E-state index contributed by atoms with van der Waals surface area (Å²) in [7, 11) is 0. The summed E-state index contributed by atoms with van der Waals surface area (Å²) in [6, 6.07) is 1.24. The van der Waals surface area contributed by atoms with E-state index in [4.69, 9.17) is 11.5 Å². The maximum Gasteiger partial charge on any atom is 0.236 e. The fraction of sp³-hybridized carbons (Fsp3) is 0.867. The lowest BCUT2D eigenvalue weighted by molar-refractivity contribution is -0.137. The van der Waals surface area contributed by atoms with Crippen LogP contribution in [0.15, 0.2) is 0 Å². The van der Waals surface area contributed by atoms with Crippen LogP contribution in [-0.2, 0) is 9.59 Å². The first-order valence-electron chi connectivity index (χ1n) is 8.13. The van der Waals surface area contributed by atoms with Gasteiger partial charge in [-0.1, -0.05) is 0 Å². The van der Waals surface area contributed by atoms with Crippen LogP contribution in [0.4, 0.5) is 0 Å². The van der Waals surface area contributed by atoms with E-state index in [-0.39, 0.29) is 17.7 Å². The highest BCUT2D eigenvalue weighted by Crippen LogP contribution is 2.34. The number of rotatable bonds is 3. The molecular formula is C15H26N4O2. The third-order valence-electron chi connectivity index (χ3n) is 5.42. The Kier molecular flexibility index (Phi) is 4.17. The third kappa shape index (κ3) is 3.06. The summed E-state index contributed by atoms with van der Waals surface area (Å²) >= 11 is 0. The van der Waals surface area contributed by atoms with Crippen LogP contribution in [-0.4, -0.2) is 59.4 Å². The average Bonchev–Trinajstić information content (AvgIpc) is 2.70. The molecule has 0 aliphatic carbocycles. The highest BCUT2D eigenvalue weighted by atomic mass is 16.2. The van der Waals surface area contributed by atoms with Gasteiger partial charge in [-0.2, -0.15) is 0 Å². The lowest BCUT2D eigenvalue weighted by atomic mass is 9.96. The Bertz CT molecular complexity index is 414. The van der Waals surface area contributed by atoms with E-state index in [0.29, 0.717) is 31.2 Å². The highest BCUT2D eigenvalue weighted by Gasteiger charge is 2.41. The number of hydrogen-bond acceptors (Lipinski definition) is 4. The number of amides is 2. The van der Waals surface area contributed by atoms with Crippen molar-refractivity contribution in [2.45, 2.75) is 56.7 Å². The number of nitrogens with zero attached hydrogens (tertiary/aromatic N) is 2. The number of hydrogen-bond donors (Lipinski definition) is 2. The van der Waals surface area contributed by atoms with E-state index >= 15 is 0 Å². The third-order valence-corrected chi connectivity index (χ3v) is 5.42. The molecular weight excluding hydrogens is 268 g/mol. The van der Waals surface area contributed by atoms with Crippen LogP contribution in [0.3, 0.4) is 0 Å². The smallest absolute Gasteiger partial charge is 0.236 e. The Labute approximate surface area is 125 Å². The summed E-state index contributed by atoms with van der Waals surface area (Å²) in [4.78, 5) is 28.0. The van der Waals surface area contributed by atoms with Crippen LogP contribution in [0.1, 0.15) is 38.5 Å². The molecule has 3 atom stereocenters. The Morgan fingerprint density at radius 2 is 1.76 bits per heavy atom. The van der Waals surface area contributed by atoms with Crippen molar-refractivity contribution < 1.29 is 9.59 Å². The molecule has 3 heterocycles. The van der Waals surface area contributed by atoms with Gasteiger partial charge in [0.05, 0.1) is 12.5 Å². The second-order valence-electron chi connectivity index (χ2n) is 6.87. The largest absolute Gasteiger partial charge is 0.369 e. The van der Waals surface area contributed by atoms with Gasteiger partial charge in [-0.3, -0.25) is 14.5 Å². The molecule has 21 heavy (non-hydrogen) atoms. The molecule has 118 valence electrons. The molecule has 0 aromatic heterocycles. The summed E-state index contributed by atoms with van der Waals surface area (Å²) in [5.41, 5.74) is 11.5. The van der Waals surface area contributed by atoms with Crippen molar-refractivity contribution in [3.8, 4) is 0 Å². The zero-order valence-electron chi connectivity index (χ0n) is 12.5. The number of carbonyl (C=O) groups is 2. The topological polar surface area (TPSA) is 92.7 Å². The van der Waals surface area contributed by atoms with Gasteiger partial charge in [-0.15, -0.1) is 0 Å². The van der Waals surface area contributed by atoms with Gasteiger partial charge in [0.1, 0.15) is 0 Å². The minimum atomic E-state index is -0.281. The average molecular weight is 294 g/mol. The fourth-order valence-corrected chi connectivity index (χ4v) is 4.27. The normalized spacial score (nSPS) is 36.7. The Morgan fingerprint density at radius 1 is 1.10 bits per heavy atom. The van der Waals surface area contributed by atoms with Gasteiger partial charge in [0.15, 0.2) is 0 Å². The number of nitrogens with two attached hydrogens (primary N) is 2. The molecule has 0 aromatic rings. The Hall–Kier alpha value is -1.14. The molecule has 3 saturated heterocycles. The predicted molar refractivity (Wildman–Crippen MR) is 79.2 cm³/mol. The van der Waals surface area contributed by atoms with Gasteiger partial charge in [-0.05, 0) is 38.5 Å². The molecule has 3 rings (SSSR count). The van der Waals surface area contributed by atoms with Crippen LogP contribution >= 0.6 is 0 Å². The molecule has 4 N–H and O–H groups in total. The number of likely N-dealkylation sites (tertiary alicyclic amines) is 1. The van der Waals surface area contributed by atoms with E-state index in [1.807, 2.05) is 4.90 Å². The zero-order valence-corrected chi connectivity index (χ0v) is 12.5. The summed E-state index contributed by atoms with van der Waals surface area (Å²) in [5, 5.41) is 0. The summed E-state index contributed by atoms with van der Waals surface area (Å²) < 4.78 is 0. The molecule has 0 radical (unpaired) electrons. The van der Waals surface area contributed by atoms with Crippen molar-refractivity contribution >= 4 is 11.8 Å². The lowest BCUT2D eigenvalue weighted by Crippen LogP contribution is -2.53. The molecule has 0 spiro atoms. The molecule has 2 bridgehead atoms. The summed E-state index contributed by atoms with van der Waals surface area (Å²) in [6.45, 7) is 1.73. The number of primary amides is 1. The quantitative estimate of drug-likeness (QED) is 0.745. The molecule has 0 aromatic carbocycles. The molecule has 2 amide bonds. The van der Waals surface area contributed by atoms with Crippen LogP contribution in [0.2, 0.25) is 0 Å². The first-order valence-corrected chi connectivity index (χ1v) is 8.13. The standard InChI is InChI=1S/C15H26N4O2/c16-11-6-12-3-4-13(7-11)19(12)9-14(20)18-5-1-2-10(8-18)15(17)21/h10-13H,1-9,16H2,(H2,17,21). The van der Waals surface area contributed by atoms with Gasteiger partial charge in [0, 0.05) is 31.2 Å². The van der Waals surface area contributed by atoms with E-state index in [0.717, 1.165) is 45.1 Å². The minimum absolute atomic E-state index is 0.147. The molecule has 3 aliphatic heterocycles. The second kappa shape index (κ2) is 5.93. The van der Waals surface area contributed by atoms with E-state index in [2.05, 4.69) is 4.90 Å². The molecule has 6 nitrogen and oxygen atoms in total. The molecule has 3 unspecified atom stereocenters. The van der Waals surface area contributed by atoms with Crippen molar-refractivity contribution in [1.29, 1.82) is 0 Å². The van der Waals surface area contributed by atoms with Crippen molar-refractivity contribution in [3.63, 3.8) is 0 Å². The highest BCUT2D eigenvalue weighted by molar-refractivity contribution is 5.81. The van der Waals surface area contributed by atoms with Crippen LogP contribution in [0.5, 0.6) is 0 Å². The van der Waals surface area contributed by atoms with Gasteiger partial charge in [0.25, 0.3) is 0 Å². The first-order chi connectivity index (χ1) is 10.0. The zero-order chi connectivity index (χ0) is 15.0. The molecule has 0 saturated carbocycles. The van der Waals surface area contributed by atoms with E-state index in [1.165, 1.54) is 0 Å². The van der Waals surface area contributed by atoms with Gasteiger partial charge in [0.2, 0.25) is 11.8 Å². The molecule has 3 fully saturated rings. The SMILES string of the molecule is NC(=O)C1CCCN(C(=O)CN2C3CCC2CC(N)C3)C1. The summed E-state index contributed by atoms with van der Waals surface area (Å²) in [6.07, 6.45) is 6.02. The molecule has 3 aliphatic rings. The van der Waals surface area contributed by atoms with E-state index in [1.54, 1.807) is 0 Å². The Morgan fingerprint density at radius 3 is 2.38 bits per heavy atom. The number of carbonyl (C=O) groups excluding carboxylic acids is 2. The van der Waals surface area contributed by atoms with Gasteiger partial charge in [-0.25, -0.2) is 0 Å². The van der Waals surface area contributed by atoms with Crippen molar-refractivity contribution in [2.75, 3.05) is 19.6 Å². The predicted octanol–water partition coefficient (Wildman–Crippen LogP) is -0.336. The van der Waals surface area contributed by atoms with E-state index in [9.17, 15) is 9.59 Å².